The Morgan fingerprint density at radius 2 is 1.93 bits per heavy atom. The molecule has 0 fully saturated rings. The highest BCUT2D eigenvalue weighted by molar-refractivity contribution is 7.92. The van der Waals surface area contributed by atoms with Gasteiger partial charge in [-0.2, -0.15) is 5.10 Å². The van der Waals surface area contributed by atoms with Crippen molar-refractivity contribution in [3.05, 3.63) is 76.4 Å². The monoisotopic (exact) mass is 416 g/mol. The molecule has 0 unspecified atom stereocenters. The number of rotatable bonds is 5. The fraction of sp³-hybridized carbons (Fsp3) is 0.158. The fourth-order valence-electron chi connectivity index (χ4n) is 3.15. The Morgan fingerprint density at radius 3 is 2.68 bits per heavy atom. The smallest absolute Gasteiger partial charge is 0.272 e. The third-order valence-corrected chi connectivity index (χ3v) is 6.13. The minimum Gasteiger partial charge on any atom is -0.333 e. The molecule has 0 saturated heterocycles. The zero-order valence-corrected chi connectivity index (χ0v) is 16.3. The highest BCUT2D eigenvalue weighted by atomic mass is 35.5. The van der Waals surface area contributed by atoms with Gasteiger partial charge in [0.05, 0.1) is 4.90 Å². The summed E-state index contributed by atoms with van der Waals surface area (Å²) in [5.41, 5.74) is 1.91. The van der Waals surface area contributed by atoms with E-state index in [1.807, 2.05) is 30.3 Å². The number of fused-ring (bicyclic) bond motifs is 1. The Kier molecular flexibility index (Phi) is 4.82. The summed E-state index contributed by atoms with van der Waals surface area (Å²) in [4.78, 5) is 14.5. The molecule has 0 atom stereocenters. The van der Waals surface area contributed by atoms with E-state index in [1.54, 1.807) is 17.0 Å². The number of aromatic amines is 1. The van der Waals surface area contributed by atoms with E-state index in [2.05, 4.69) is 14.9 Å². The molecule has 9 heteroatoms. The molecule has 0 spiro atoms. The van der Waals surface area contributed by atoms with Crippen molar-refractivity contribution in [2.24, 2.45) is 0 Å². The largest absolute Gasteiger partial charge is 0.333 e. The number of anilines is 1. The molecule has 3 aromatic rings. The number of benzene rings is 2. The summed E-state index contributed by atoms with van der Waals surface area (Å²) in [6, 6.07) is 15.6. The van der Waals surface area contributed by atoms with Crippen molar-refractivity contribution >= 4 is 33.3 Å². The average Bonchev–Trinajstić information content (AvgIpc) is 3.08. The van der Waals surface area contributed by atoms with Gasteiger partial charge < -0.3 is 4.90 Å². The Bertz CT molecular complexity index is 1130. The molecular formula is C19H17ClN4O3S. The molecule has 2 aromatic carbocycles. The highest BCUT2D eigenvalue weighted by Crippen LogP contribution is 2.27. The van der Waals surface area contributed by atoms with Gasteiger partial charge in [0.15, 0.2) is 5.82 Å². The quantitative estimate of drug-likeness (QED) is 0.668. The minimum atomic E-state index is -3.86. The summed E-state index contributed by atoms with van der Waals surface area (Å²) in [6.07, 6.45) is 0.498. The van der Waals surface area contributed by atoms with Crippen LogP contribution in [-0.2, 0) is 23.0 Å². The summed E-state index contributed by atoms with van der Waals surface area (Å²) >= 11 is 5.89. The van der Waals surface area contributed by atoms with Gasteiger partial charge in [-0.15, -0.1) is 0 Å². The number of hydrogen-bond acceptors (Lipinski definition) is 4. The number of hydrogen-bond donors (Lipinski definition) is 2. The van der Waals surface area contributed by atoms with Crippen LogP contribution in [0.5, 0.6) is 0 Å². The van der Waals surface area contributed by atoms with Crippen molar-refractivity contribution in [3.8, 4) is 0 Å². The first-order valence-corrected chi connectivity index (χ1v) is 10.5. The predicted octanol–water partition coefficient (Wildman–Crippen LogP) is 3.06. The molecule has 7 nitrogen and oxygen atoms in total. The average molecular weight is 417 g/mol. The van der Waals surface area contributed by atoms with E-state index in [1.165, 1.54) is 12.1 Å². The van der Waals surface area contributed by atoms with Crippen LogP contribution in [0.3, 0.4) is 0 Å². The number of aromatic nitrogens is 2. The normalized spacial score (nSPS) is 14.0. The second-order valence-corrected chi connectivity index (χ2v) is 8.57. The van der Waals surface area contributed by atoms with Gasteiger partial charge in [0.2, 0.25) is 0 Å². The molecule has 0 saturated carbocycles. The van der Waals surface area contributed by atoms with Gasteiger partial charge in [0, 0.05) is 23.7 Å². The third kappa shape index (κ3) is 3.61. The van der Waals surface area contributed by atoms with Gasteiger partial charge in [-0.3, -0.25) is 14.6 Å². The van der Waals surface area contributed by atoms with Gasteiger partial charge in [-0.1, -0.05) is 48.0 Å². The van der Waals surface area contributed by atoms with Crippen LogP contribution in [0.4, 0.5) is 5.82 Å². The molecule has 2 N–H and O–H groups in total. The van der Waals surface area contributed by atoms with Crippen LogP contribution in [0.2, 0.25) is 5.02 Å². The van der Waals surface area contributed by atoms with Crippen LogP contribution in [0.1, 0.15) is 21.6 Å². The number of nitrogens with one attached hydrogen (secondary N) is 2. The van der Waals surface area contributed by atoms with Crippen LogP contribution in [0.25, 0.3) is 0 Å². The van der Waals surface area contributed by atoms with Crippen molar-refractivity contribution in [2.45, 2.75) is 17.9 Å². The Morgan fingerprint density at radius 1 is 1.14 bits per heavy atom. The molecule has 0 bridgehead atoms. The number of carbonyl (C=O) groups is 1. The van der Waals surface area contributed by atoms with E-state index in [0.29, 0.717) is 35.8 Å². The van der Waals surface area contributed by atoms with Crippen molar-refractivity contribution in [3.63, 3.8) is 0 Å². The Balaban J connectivity index is 1.56. The first-order chi connectivity index (χ1) is 13.4. The van der Waals surface area contributed by atoms with Crippen LogP contribution in [0, 0.1) is 0 Å². The first-order valence-electron chi connectivity index (χ1n) is 8.63. The van der Waals surface area contributed by atoms with Crippen molar-refractivity contribution in [1.82, 2.24) is 15.1 Å². The molecule has 1 amide bonds. The van der Waals surface area contributed by atoms with Crippen LogP contribution in [0.15, 0.2) is 59.5 Å². The second kappa shape index (κ2) is 7.29. The first kappa shape index (κ1) is 18.5. The lowest BCUT2D eigenvalue weighted by Gasteiger charge is -2.26. The lowest BCUT2D eigenvalue weighted by atomic mass is 10.1. The standard InChI is InChI=1S/C19H17ClN4O3S/c20-14-7-4-8-15(11-14)28(26,27)23-18-16-9-10-24(19(25)17(16)21-22-18)12-13-5-2-1-3-6-13/h1-8,11H,9-10,12H2,(H2,21,22,23). The van der Waals surface area contributed by atoms with Gasteiger partial charge >= 0.3 is 0 Å². The maximum atomic E-state index is 12.8. The molecule has 1 aliphatic rings. The molecule has 144 valence electrons. The lowest BCUT2D eigenvalue weighted by molar-refractivity contribution is 0.0721. The zero-order chi connectivity index (χ0) is 19.7. The number of sulfonamides is 1. The van der Waals surface area contributed by atoms with E-state index < -0.39 is 10.0 Å². The maximum Gasteiger partial charge on any atom is 0.272 e. The summed E-state index contributed by atoms with van der Waals surface area (Å²) < 4.78 is 27.7. The van der Waals surface area contributed by atoms with Crippen LogP contribution >= 0.6 is 11.6 Å². The number of nitrogens with zero attached hydrogens (tertiary/aromatic N) is 2. The Labute approximate surface area is 167 Å². The van der Waals surface area contributed by atoms with Gasteiger partial charge in [0.1, 0.15) is 5.69 Å². The van der Waals surface area contributed by atoms with Crippen LogP contribution in [-0.4, -0.2) is 36.0 Å². The zero-order valence-electron chi connectivity index (χ0n) is 14.7. The van der Waals surface area contributed by atoms with E-state index >= 15 is 0 Å². The number of H-pyrrole nitrogens is 1. The second-order valence-electron chi connectivity index (χ2n) is 6.45. The highest BCUT2D eigenvalue weighted by Gasteiger charge is 2.30. The SMILES string of the molecule is O=C1c2[nH]nc(NS(=O)(=O)c3cccc(Cl)c3)c2CCN1Cc1ccccc1. The molecule has 2 heterocycles. The Hall–Kier alpha value is -2.84. The summed E-state index contributed by atoms with van der Waals surface area (Å²) in [7, 11) is -3.86. The van der Waals surface area contributed by atoms with Gasteiger partial charge in [-0.05, 0) is 30.2 Å². The molecular weight excluding hydrogens is 400 g/mol. The molecule has 0 radical (unpaired) electrons. The number of carbonyl (C=O) groups excluding carboxylic acids is 1. The molecule has 0 aliphatic carbocycles. The van der Waals surface area contributed by atoms with E-state index in [9.17, 15) is 13.2 Å². The van der Waals surface area contributed by atoms with E-state index in [4.69, 9.17) is 11.6 Å². The topological polar surface area (TPSA) is 95.2 Å². The maximum absolute atomic E-state index is 12.8. The van der Waals surface area contributed by atoms with E-state index in [0.717, 1.165) is 5.56 Å². The van der Waals surface area contributed by atoms with Crippen LogP contribution < -0.4 is 4.72 Å². The molecule has 28 heavy (non-hydrogen) atoms. The van der Waals surface area contributed by atoms with Crippen molar-refractivity contribution in [1.29, 1.82) is 0 Å². The summed E-state index contributed by atoms with van der Waals surface area (Å²) in [5.74, 6) is -0.0616. The lowest BCUT2D eigenvalue weighted by Crippen LogP contribution is -2.37. The van der Waals surface area contributed by atoms with Crippen molar-refractivity contribution in [2.75, 3.05) is 11.3 Å². The minimum absolute atomic E-state index is 0.0320. The molecule has 1 aromatic heterocycles. The van der Waals surface area contributed by atoms with E-state index in [-0.39, 0.29) is 16.6 Å². The molecule has 4 rings (SSSR count). The van der Waals surface area contributed by atoms with Gasteiger partial charge in [0.25, 0.3) is 15.9 Å². The molecule has 1 aliphatic heterocycles. The predicted molar refractivity (Wildman–Crippen MR) is 106 cm³/mol. The summed E-state index contributed by atoms with van der Waals surface area (Å²) in [5, 5.41) is 7.03. The van der Waals surface area contributed by atoms with Crippen molar-refractivity contribution < 1.29 is 13.2 Å². The fourth-order valence-corrected chi connectivity index (χ4v) is 4.49. The summed E-state index contributed by atoms with van der Waals surface area (Å²) in [6.45, 7) is 0.966. The number of amides is 1. The van der Waals surface area contributed by atoms with Gasteiger partial charge in [-0.25, -0.2) is 8.42 Å². The third-order valence-electron chi connectivity index (χ3n) is 4.55. The number of halogens is 1.